The van der Waals surface area contributed by atoms with Crippen molar-refractivity contribution in [1.29, 1.82) is 0 Å². The van der Waals surface area contributed by atoms with E-state index in [0.717, 1.165) is 30.7 Å². The SMILES string of the molecule is CCCCOc1ccc(CCl)c(C)n1. The van der Waals surface area contributed by atoms with E-state index in [1.807, 2.05) is 19.1 Å². The Hall–Kier alpha value is -0.760. The quantitative estimate of drug-likeness (QED) is 0.553. The fourth-order valence-electron chi connectivity index (χ4n) is 1.11. The molecule has 1 rings (SSSR count). The standard InChI is InChI=1S/C11H16ClNO/c1-3-4-7-14-11-6-5-10(8-12)9(2)13-11/h5-6H,3-4,7-8H2,1-2H3. The molecule has 78 valence electrons. The molecule has 0 radical (unpaired) electrons. The molecule has 3 heteroatoms. The van der Waals surface area contributed by atoms with E-state index in [-0.39, 0.29) is 0 Å². The van der Waals surface area contributed by atoms with E-state index in [1.54, 1.807) is 0 Å². The summed E-state index contributed by atoms with van der Waals surface area (Å²) in [5, 5.41) is 0. The van der Waals surface area contributed by atoms with Crippen molar-refractivity contribution in [3.63, 3.8) is 0 Å². The van der Waals surface area contributed by atoms with Gasteiger partial charge in [0.15, 0.2) is 0 Å². The minimum Gasteiger partial charge on any atom is -0.478 e. The van der Waals surface area contributed by atoms with Crippen LogP contribution in [0.4, 0.5) is 0 Å². The molecule has 2 nitrogen and oxygen atoms in total. The smallest absolute Gasteiger partial charge is 0.213 e. The monoisotopic (exact) mass is 213 g/mol. The maximum absolute atomic E-state index is 5.73. The van der Waals surface area contributed by atoms with Crippen LogP contribution in [-0.2, 0) is 5.88 Å². The highest BCUT2D eigenvalue weighted by Gasteiger charge is 2.00. The molecule has 0 amide bonds. The Morgan fingerprint density at radius 3 is 2.79 bits per heavy atom. The second-order valence-electron chi connectivity index (χ2n) is 3.23. The van der Waals surface area contributed by atoms with Crippen LogP contribution in [0.1, 0.15) is 31.0 Å². The second kappa shape index (κ2) is 5.86. The molecular weight excluding hydrogens is 198 g/mol. The molecule has 0 fully saturated rings. The molecule has 0 saturated carbocycles. The number of nitrogens with zero attached hydrogens (tertiary/aromatic N) is 1. The van der Waals surface area contributed by atoms with Gasteiger partial charge in [0.1, 0.15) is 0 Å². The van der Waals surface area contributed by atoms with Gasteiger partial charge in [-0.3, -0.25) is 0 Å². The van der Waals surface area contributed by atoms with Crippen LogP contribution in [0.5, 0.6) is 5.88 Å². The second-order valence-corrected chi connectivity index (χ2v) is 3.50. The van der Waals surface area contributed by atoms with Gasteiger partial charge < -0.3 is 4.74 Å². The third-order valence-corrected chi connectivity index (χ3v) is 2.35. The highest BCUT2D eigenvalue weighted by molar-refractivity contribution is 6.17. The third kappa shape index (κ3) is 3.18. The van der Waals surface area contributed by atoms with Gasteiger partial charge in [-0.25, -0.2) is 4.98 Å². The van der Waals surface area contributed by atoms with Crippen LogP contribution in [0.25, 0.3) is 0 Å². The number of hydrogen-bond donors (Lipinski definition) is 0. The Kier molecular flexibility index (Phi) is 4.74. The highest BCUT2D eigenvalue weighted by atomic mass is 35.5. The van der Waals surface area contributed by atoms with Crippen molar-refractivity contribution in [2.24, 2.45) is 0 Å². The minimum absolute atomic E-state index is 0.508. The molecule has 14 heavy (non-hydrogen) atoms. The zero-order chi connectivity index (χ0) is 10.4. The van der Waals surface area contributed by atoms with E-state index < -0.39 is 0 Å². The largest absolute Gasteiger partial charge is 0.478 e. The number of ether oxygens (including phenoxy) is 1. The van der Waals surface area contributed by atoms with E-state index in [4.69, 9.17) is 16.3 Å². The average molecular weight is 214 g/mol. The summed E-state index contributed by atoms with van der Waals surface area (Å²) in [4.78, 5) is 4.31. The number of alkyl halides is 1. The van der Waals surface area contributed by atoms with Crippen molar-refractivity contribution in [2.45, 2.75) is 32.6 Å². The van der Waals surface area contributed by atoms with Crippen molar-refractivity contribution >= 4 is 11.6 Å². The Morgan fingerprint density at radius 2 is 2.21 bits per heavy atom. The minimum atomic E-state index is 0.508. The van der Waals surface area contributed by atoms with Gasteiger partial charge in [-0.2, -0.15) is 0 Å². The van der Waals surface area contributed by atoms with E-state index >= 15 is 0 Å². The lowest BCUT2D eigenvalue weighted by Crippen LogP contribution is -2.00. The summed E-state index contributed by atoms with van der Waals surface area (Å²) >= 11 is 5.73. The van der Waals surface area contributed by atoms with Crippen LogP contribution in [-0.4, -0.2) is 11.6 Å². The molecule has 0 aliphatic carbocycles. The summed E-state index contributed by atoms with van der Waals surface area (Å²) in [5.41, 5.74) is 2.02. The van der Waals surface area contributed by atoms with Crippen LogP contribution in [0, 0.1) is 6.92 Å². The first-order chi connectivity index (χ1) is 6.77. The maximum atomic E-state index is 5.73. The number of halogens is 1. The molecule has 0 N–H and O–H groups in total. The van der Waals surface area contributed by atoms with Crippen LogP contribution >= 0.6 is 11.6 Å². The van der Waals surface area contributed by atoms with E-state index in [0.29, 0.717) is 11.8 Å². The van der Waals surface area contributed by atoms with Crippen molar-refractivity contribution in [2.75, 3.05) is 6.61 Å². The van der Waals surface area contributed by atoms with Crippen molar-refractivity contribution in [1.82, 2.24) is 4.98 Å². The summed E-state index contributed by atoms with van der Waals surface area (Å²) in [6, 6.07) is 3.84. The van der Waals surface area contributed by atoms with Crippen LogP contribution in [0.2, 0.25) is 0 Å². The summed E-state index contributed by atoms with van der Waals surface area (Å²) in [6.45, 7) is 4.83. The first-order valence-electron chi connectivity index (χ1n) is 4.93. The van der Waals surface area contributed by atoms with Crippen molar-refractivity contribution in [3.8, 4) is 5.88 Å². The Balaban J connectivity index is 2.57. The number of aromatic nitrogens is 1. The number of rotatable bonds is 5. The summed E-state index contributed by atoms with van der Waals surface area (Å²) in [5.74, 6) is 1.21. The number of hydrogen-bond acceptors (Lipinski definition) is 2. The van der Waals surface area contributed by atoms with E-state index in [2.05, 4.69) is 11.9 Å². The fraction of sp³-hybridized carbons (Fsp3) is 0.545. The zero-order valence-corrected chi connectivity index (χ0v) is 9.47. The molecule has 0 aliphatic heterocycles. The topological polar surface area (TPSA) is 22.1 Å². The molecule has 0 saturated heterocycles. The molecule has 0 atom stereocenters. The highest BCUT2D eigenvalue weighted by Crippen LogP contribution is 2.14. The number of aryl methyl sites for hydroxylation is 1. The van der Waals surface area contributed by atoms with Gasteiger partial charge in [0.2, 0.25) is 5.88 Å². The van der Waals surface area contributed by atoms with E-state index in [1.165, 1.54) is 0 Å². The molecule has 0 spiro atoms. The molecule has 1 heterocycles. The Labute approximate surface area is 90.3 Å². The molecule has 1 aromatic rings. The first-order valence-corrected chi connectivity index (χ1v) is 5.46. The first kappa shape index (κ1) is 11.3. The fourth-order valence-corrected chi connectivity index (χ4v) is 1.39. The van der Waals surface area contributed by atoms with E-state index in [9.17, 15) is 0 Å². The molecular formula is C11H16ClNO. The lowest BCUT2D eigenvalue weighted by molar-refractivity contribution is 0.297. The Bertz CT molecular complexity index is 289. The predicted molar refractivity (Wildman–Crippen MR) is 58.9 cm³/mol. The van der Waals surface area contributed by atoms with Gasteiger partial charge in [0.05, 0.1) is 6.61 Å². The van der Waals surface area contributed by atoms with Crippen LogP contribution in [0.15, 0.2) is 12.1 Å². The van der Waals surface area contributed by atoms with Gasteiger partial charge in [-0.1, -0.05) is 19.4 Å². The van der Waals surface area contributed by atoms with Gasteiger partial charge in [-0.05, 0) is 18.9 Å². The average Bonchev–Trinajstić information content (AvgIpc) is 2.18. The summed E-state index contributed by atoms with van der Waals surface area (Å²) in [7, 11) is 0. The summed E-state index contributed by atoms with van der Waals surface area (Å²) in [6.07, 6.45) is 2.21. The van der Waals surface area contributed by atoms with Crippen LogP contribution < -0.4 is 4.74 Å². The molecule has 0 unspecified atom stereocenters. The number of unbranched alkanes of at least 4 members (excludes halogenated alkanes) is 1. The lowest BCUT2D eigenvalue weighted by atomic mass is 10.2. The predicted octanol–water partition coefficient (Wildman–Crippen LogP) is 3.31. The van der Waals surface area contributed by atoms with Gasteiger partial charge in [-0.15, -0.1) is 11.6 Å². The lowest BCUT2D eigenvalue weighted by Gasteiger charge is -2.06. The maximum Gasteiger partial charge on any atom is 0.213 e. The zero-order valence-electron chi connectivity index (χ0n) is 8.72. The molecule has 1 aromatic heterocycles. The summed E-state index contributed by atoms with van der Waals surface area (Å²) < 4.78 is 5.47. The number of pyridine rings is 1. The third-order valence-electron chi connectivity index (χ3n) is 2.06. The van der Waals surface area contributed by atoms with Crippen molar-refractivity contribution < 1.29 is 4.74 Å². The van der Waals surface area contributed by atoms with Gasteiger partial charge in [0, 0.05) is 17.6 Å². The van der Waals surface area contributed by atoms with Crippen LogP contribution in [0.3, 0.4) is 0 Å². The normalized spacial score (nSPS) is 10.2. The molecule has 0 aliphatic rings. The molecule has 0 aromatic carbocycles. The van der Waals surface area contributed by atoms with Gasteiger partial charge in [0.25, 0.3) is 0 Å². The van der Waals surface area contributed by atoms with Gasteiger partial charge >= 0.3 is 0 Å². The van der Waals surface area contributed by atoms with Crippen molar-refractivity contribution in [3.05, 3.63) is 23.4 Å². The molecule has 0 bridgehead atoms. The Morgan fingerprint density at radius 1 is 1.43 bits per heavy atom.